The molecule has 0 spiro atoms. The highest BCUT2D eigenvalue weighted by Gasteiger charge is 2.31. The number of alkyl halides is 3. The molecule has 118 valence electrons. The number of halogens is 5. The van der Waals surface area contributed by atoms with Crippen LogP contribution in [0.15, 0.2) is 22.7 Å². The van der Waals surface area contributed by atoms with Crippen molar-refractivity contribution in [3.63, 3.8) is 0 Å². The maximum absolute atomic E-state index is 12.7. The van der Waals surface area contributed by atoms with Crippen molar-refractivity contribution in [1.82, 2.24) is 5.32 Å². The second-order valence-electron chi connectivity index (χ2n) is 4.76. The monoisotopic (exact) mass is 386 g/mol. The van der Waals surface area contributed by atoms with Crippen molar-refractivity contribution < 1.29 is 18.0 Å². The Hall–Kier alpha value is -0.790. The number of carbonyl (C=O) groups is 1. The molecule has 8 heteroatoms. The number of carbonyl (C=O) groups excluding carboxylic acids is 1. The molecule has 21 heavy (non-hydrogen) atoms. The van der Waals surface area contributed by atoms with E-state index in [1.165, 1.54) is 6.07 Å². The Morgan fingerprint density at radius 3 is 2.62 bits per heavy atom. The molecule has 1 saturated heterocycles. The van der Waals surface area contributed by atoms with E-state index in [2.05, 4.69) is 26.6 Å². The average molecular weight is 388 g/mol. The lowest BCUT2D eigenvalue weighted by atomic mass is 9.99. The maximum Gasteiger partial charge on any atom is 0.416 e. The topological polar surface area (TPSA) is 41.1 Å². The van der Waals surface area contributed by atoms with E-state index in [0.29, 0.717) is 6.54 Å². The predicted molar refractivity (Wildman–Crippen MR) is 80.6 cm³/mol. The van der Waals surface area contributed by atoms with Crippen LogP contribution in [0, 0.1) is 5.92 Å². The molecular weight excluding hydrogens is 373 g/mol. The van der Waals surface area contributed by atoms with Crippen LogP contribution in [-0.2, 0) is 11.0 Å². The van der Waals surface area contributed by atoms with E-state index < -0.39 is 11.7 Å². The molecule has 0 unspecified atom stereocenters. The molecule has 1 aromatic carbocycles. The first-order chi connectivity index (χ1) is 9.36. The fraction of sp³-hybridized carbons (Fsp3) is 0.462. The van der Waals surface area contributed by atoms with E-state index in [1.54, 1.807) is 0 Å². The standard InChI is InChI=1S/C13H14BrF3N2O.ClH/c14-10-4-9(13(15,16)17)5-11(6-10)19-12(20)8-2-1-3-18-7-8;/h4-6,8,18H,1-3,7H2,(H,19,20);1H/t8-;/m1./s1. The minimum absolute atomic E-state index is 0. The molecule has 1 heterocycles. The molecule has 1 atom stereocenters. The minimum atomic E-state index is -4.43. The first-order valence-electron chi connectivity index (χ1n) is 6.25. The van der Waals surface area contributed by atoms with Crippen LogP contribution in [0.1, 0.15) is 18.4 Å². The summed E-state index contributed by atoms with van der Waals surface area (Å²) >= 11 is 3.03. The molecule has 0 radical (unpaired) electrons. The van der Waals surface area contributed by atoms with Crippen LogP contribution in [0.5, 0.6) is 0 Å². The highest BCUT2D eigenvalue weighted by Crippen LogP contribution is 2.33. The van der Waals surface area contributed by atoms with Crippen LogP contribution >= 0.6 is 28.3 Å². The number of nitrogens with one attached hydrogen (secondary N) is 2. The number of hydrogen-bond acceptors (Lipinski definition) is 2. The lowest BCUT2D eigenvalue weighted by Crippen LogP contribution is -2.37. The maximum atomic E-state index is 12.7. The molecule has 2 rings (SSSR count). The van der Waals surface area contributed by atoms with Gasteiger partial charge in [0.05, 0.1) is 11.5 Å². The number of amides is 1. The third-order valence-corrected chi connectivity index (χ3v) is 3.62. The van der Waals surface area contributed by atoms with Gasteiger partial charge in [0, 0.05) is 16.7 Å². The molecular formula is C13H15BrClF3N2O. The number of hydrogen-bond donors (Lipinski definition) is 2. The van der Waals surface area contributed by atoms with Crippen molar-refractivity contribution >= 4 is 39.9 Å². The second-order valence-corrected chi connectivity index (χ2v) is 5.67. The largest absolute Gasteiger partial charge is 0.416 e. The van der Waals surface area contributed by atoms with Crippen molar-refractivity contribution in [2.45, 2.75) is 19.0 Å². The summed E-state index contributed by atoms with van der Waals surface area (Å²) in [5.74, 6) is -0.444. The molecule has 3 nitrogen and oxygen atoms in total. The number of piperidine rings is 1. The summed E-state index contributed by atoms with van der Waals surface area (Å²) in [5.41, 5.74) is -0.633. The van der Waals surface area contributed by atoms with Gasteiger partial charge < -0.3 is 10.6 Å². The Morgan fingerprint density at radius 1 is 1.33 bits per heavy atom. The highest BCUT2D eigenvalue weighted by molar-refractivity contribution is 9.10. The number of benzene rings is 1. The van der Waals surface area contributed by atoms with Gasteiger partial charge in [-0.05, 0) is 37.6 Å². The first kappa shape index (κ1) is 18.3. The van der Waals surface area contributed by atoms with E-state index in [4.69, 9.17) is 0 Å². The quantitative estimate of drug-likeness (QED) is 0.810. The zero-order valence-corrected chi connectivity index (χ0v) is 13.4. The van der Waals surface area contributed by atoms with Gasteiger partial charge in [0.2, 0.25) is 5.91 Å². The van der Waals surface area contributed by atoms with Gasteiger partial charge in [0.1, 0.15) is 0 Å². The summed E-state index contributed by atoms with van der Waals surface area (Å²) in [6.45, 7) is 1.44. The smallest absolute Gasteiger partial charge is 0.326 e. The fourth-order valence-electron chi connectivity index (χ4n) is 2.15. The number of anilines is 1. The molecule has 0 aliphatic carbocycles. The summed E-state index contributed by atoms with van der Waals surface area (Å²) < 4.78 is 38.4. The molecule has 1 aromatic rings. The van der Waals surface area contributed by atoms with Crippen molar-refractivity contribution in [2.24, 2.45) is 5.92 Å². The van der Waals surface area contributed by atoms with Gasteiger partial charge in [-0.1, -0.05) is 15.9 Å². The van der Waals surface area contributed by atoms with E-state index in [1.807, 2.05) is 0 Å². The molecule has 1 aliphatic rings. The van der Waals surface area contributed by atoms with E-state index >= 15 is 0 Å². The van der Waals surface area contributed by atoms with Crippen LogP contribution in [0.2, 0.25) is 0 Å². The minimum Gasteiger partial charge on any atom is -0.326 e. The summed E-state index contributed by atoms with van der Waals surface area (Å²) in [6, 6.07) is 3.39. The third kappa shape index (κ3) is 5.16. The molecule has 2 N–H and O–H groups in total. The summed E-state index contributed by atoms with van der Waals surface area (Å²) in [6.07, 6.45) is -2.79. The SMILES string of the molecule is Cl.O=C(Nc1cc(Br)cc(C(F)(F)F)c1)[C@@H]1CCCNC1. The van der Waals surface area contributed by atoms with Crippen LogP contribution in [0.3, 0.4) is 0 Å². The van der Waals surface area contributed by atoms with Crippen LogP contribution in [-0.4, -0.2) is 19.0 Å². The Morgan fingerprint density at radius 2 is 2.05 bits per heavy atom. The highest BCUT2D eigenvalue weighted by atomic mass is 79.9. The van der Waals surface area contributed by atoms with Gasteiger partial charge in [-0.2, -0.15) is 13.2 Å². The lowest BCUT2D eigenvalue weighted by Gasteiger charge is -2.22. The molecule has 0 bridgehead atoms. The van der Waals surface area contributed by atoms with Crippen LogP contribution < -0.4 is 10.6 Å². The molecule has 1 fully saturated rings. The van der Waals surface area contributed by atoms with Gasteiger partial charge in [-0.15, -0.1) is 12.4 Å². The van der Waals surface area contributed by atoms with E-state index in [-0.39, 0.29) is 34.4 Å². The van der Waals surface area contributed by atoms with Gasteiger partial charge in [0.15, 0.2) is 0 Å². The predicted octanol–water partition coefficient (Wildman–Crippen LogP) is 3.83. The third-order valence-electron chi connectivity index (χ3n) is 3.16. The summed E-state index contributed by atoms with van der Waals surface area (Å²) in [7, 11) is 0. The van der Waals surface area contributed by atoms with Crippen molar-refractivity contribution in [3.05, 3.63) is 28.2 Å². The Bertz CT molecular complexity index is 505. The average Bonchev–Trinajstić information content (AvgIpc) is 2.38. The summed E-state index contributed by atoms with van der Waals surface area (Å²) in [4.78, 5) is 12.0. The van der Waals surface area contributed by atoms with Crippen LogP contribution in [0.25, 0.3) is 0 Å². The lowest BCUT2D eigenvalue weighted by molar-refractivity contribution is -0.137. The zero-order chi connectivity index (χ0) is 14.8. The second kappa shape index (κ2) is 7.47. The van der Waals surface area contributed by atoms with Gasteiger partial charge in [0.25, 0.3) is 0 Å². The molecule has 1 aliphatic heterocycles. The van der Waals surface area contributed by atoms with Crippen molar-refractivity contribution in [2.75, 3.05) is 18.4 Å². The Balaban J connectivity index is 0.00000220. The van der Waals surface area contributed by atoms with Crippen molar-refractivity contribution in [1.29, 1.82) is 0 Å². The zero-order valence-electron chi connectivity index (χ0n) is 11.0. The van der Waals surface area contributed by atoms with Gasteiger partial charge in [-0.25, -0.2) is 0 Å². The van der Waals surface area contributed by atoms with Crippen molar-refractivity contribution in [3.8, 4) is 0 Å². The van der Waals surface area contributed by atoms with E-state index in [9.17, 15) is 18.0 Å². The molecule has 0 saturated carbocycles. The summed E-state index contributed by atoms with van der Waals surface area (Å²) in [5, 5.41) is 5.65. The van der Waals surface area contributed by atoms with E-state index in [0.717, 1.165) is 31.5 Å². The first-order valence-corrected chi connectivity index (χ1v) is 7.05. The fourth-order valence-corrected chi connectivity index (χ4v) is 2.64. The van der Waals surface area contributed by atoms with Crippen LogP contribution in [0.4, 0.5) is 18.9 Å². The molecule has 1 amide bonds. The number of rotatable bonds is 2. The Labute approximate surface area is 135 Å². The Kier molecular flexibility index (Phi) is 6.49. The molecule has 0 aromatic heterocycles. The normalized spacial score (nSPS) is 18.8. The van der Waals surface area contributed by atoms with Gasteiger partial charge >= 0.3 is 6.18 Å². The van der Waals surface area contributed by atoms with Gasteiger partial charge in [-0.3, -0.25) is 4.79 Å².